The summed E-state index contributed by atoms with van der Waals surface area (Å²) in [5, 5.41) is 16.1. The molecule has 3 aromatic carbocycles. The van der Waals surface area contributed by atoms with Crippen molar-refractivity contribution < 1.29 is 22.9 Å². The minimum Gasteiger partial charge on any atom is -0.368 e. The zero-order valence-corrected chi connectivity index (χ0v) is 21.1. The normalized spacial score (nSPS) is 13.9. The van der Waals surface area contributed by atoms with Crippen molar-refractivity contribution in [3.8, 4) is 16.9 Å². The molecule has 0 atom stereocenters. The van der Waals surface area contributed by atoms with Crippen molar-refractivity contribution in [1.82, 2.24) is 14.7 Å². The average molecular weight is 556 g/mol. The number of carbonyl (C=O) groups excluding carboxylic acids is 1. The van der Waals surface area contributed by atoms with Crippen molar-refractivity contribution >= 4 is 28.9 Å². The minimum atomic E-state index is -4.44. The largest absolute Gasteiger partial charge is 0.416 e. The molecule has 5 rings (SSSR count). The van der Waals surface area contributed by atoms with E-state index in [2.05, 4.69) is 5.10 Å². The lowest BCUT2D eigenvalue weighted by atomic mass is 10.1. The van der Waals surface area contributed by atoms with Gasteiger partial charge in [-0.15, -0.1) is 0 Å². The second-order valence-electron chi connectivity index (χ2n) is 8.93. The fourth-order valence-corrected chi connectivity index (χ4v) is 4.54. The van der Waals surface area contributed by atoms with Gasteiger partial charge >= 0.3 is 6.18 Å². The van der Waals surface area contributed by atoms with Crippen molar-refractivity contribution in [3.63, 3.8) is 0 Å². The fraction of sp³-hybridized carbons (Fsp3) is 0.185. The Morgan fingerprint density at radius 1 is 0.897 bits per heavy atom. The van der Waals surface area contributed by atoms with Gasteiger partial charge in [-0.1, -0.05) is 17.7 Å². The predicted molar refractivity (Wildman–Crippen MR) is 140 cm³/mol. The summed E-state index contributed by atoms with van der Waals surface area (Å²) < 4.78 is 41.0. The number of hydrogen-bond donors (Lipinski definition) is 0. The number of anilines is 1. The molecule has 0 bridgehead atoms. The van der Waals surface area contributed by atoms with E-state index < -0.39 is 16.7 Å². The number of nitrogens with zero attached hydrogens (tertiary/aromatic N) is 5. The third-order valence-electron chi connectivity index (χ3n) is 6.48. The van der Waals surface area contributed by atoms with Gasteiger partial charge in [-0.05, 0) is 60.7 Å². The van der Waals surface area contributed by atoms with E-state index in [4.69, 9.17) is 11.6 Å². The van der Waals surface area contributed by atoms with Crippen LogP contribution in [0.5, 0.6) is 0 Å². The molecule has 1 saturated heterocycles. The first-order valence-electron chi connectivity index (χ1n) is 11.9. The quantitative estimate of drug-likeness (QED) is 0.220. The fourth-order valence-electron chi connectivity index (χ4n) is 4.42. The van der Waals surface area contributed by atoms with Crippen molar-refractivity contribution in [2.75, 3.05) is 31.1 Å². The van der Waals surface area contributed by atoms with Crippen LogP contribution in [0.3, 0.4) is 0 Å². The van der Waals surface area contributed by atoms with E-state index in [1.807, 2.05) is 4.90 Å². The molecule has 1 aromatic heterocycles. The standard InChI is InChI=1S/C27H21ClF3N5O3/c28-20-6-10-21(11-7-20)35-25(17-24(32-35)18-4-8-22(9-5-18)36(38)39)26(37)34-14-12-33(13-15-34)23-3-1-2-19(16-23)27(29,30)31/h1-11,16-17H,12-15H2. The number of hydrogen-bond acceptors (Lipinski definition) is 5. The van der Waals surface area contributed by atoms with Gasteiger partial charge in [0.05, 0.1) is 21.9 Å². The zero-order chi connectivity index (χ0) is 27.7. The average Bonchev–Trinajstić information content (AvgIpc) is 3.38. The minimum absolute atomic E-state index is 0.0641. The summed E-state index contributed by atoms with van der Waals surface area (Å²) in [5.74, 6) is -0.297. The van der Waals surface area contributed by atoms with E-state index in [1.165, 1.54) is 22.9 Å². The zero-order valence-electron chi connectivity index (χ0n) is 20.3. The predicted octanol–water partition coefficient (Wildman–Crippen LogP) is 6.08. The Hall–Kier alpha value is -4.38. The van der Waals surface area contributed by atoms with Crippen molar-refractivity contribution in [3.05, 3.63) is 105 Å². The van der Waals surface area contributed by atoms with Crippen LogP contribution in [-0.4, -0.2) is 51.7 Å². The summed E-state index contributed by atoms with van der Waals surface area (Å²) in [7, 11) is 0. The number of alkyl halides is 3. The Morgan fingerprint density at radius 3 is 2.18 bits per heavy atom. The summed E-state index contributed by atoms with van der Waals surface area (Å²) in [6, 6.07) is 19.4. The van der Waals surface area contributed by atoms with Crippen LogP contribution >= 0.6 is 11.6 Å². The third-order valence-corrected chi connectivity index (χ3v) is 6.73. The molecule has 39 heavy (non-hydrogen) atoms. The van der Waals surface area contributed by atoms with Crippen LogP contribution in [0.1, 0.15) is 16.1 Å². The molecule has 12 heteroatoms. The molecule has 1 aliphatic rings. The van der Waals surface area contributed by atoms with Crippen molar-refractivity contribution in [2.24, 2.45) is 0 Å². The molecular formula is C27H21ClF3N5O3. The van der Waals surface area contributed by atoms with Crippen molar-refractivity contribution in [2.45, 2.75) is 6.18 Å². The Kier molecular flexibility index (Phi) is 7.00. The van der Waals surface area contributed by atoms with Gasteiger partial charge in [-0.25, -0.2) is 4.68 Å². The van der Waals surface area contributed by atoms with Crippen LogP contribution in [-0.2, 0) is 6.18 Å². The monoisotopic (exact) mass is 555 g/mol. The van der Waals surface area contributed by atoms with Crippen molar-refractivity contribution in [1.29, 1.82) is 0 Å². The number of halogens is 4. The first-order valence-corrected chi connectivity index (χ1v) is 12.3. The smallest absolute Gasteiger partial charge is 0.368 e. The van der Waals surface area contributed by atoms with Gasteiger partial charge in [-0.2, -0.15) is 18.3 Å². The second-order valence-corrected chi connectivity index (χ2v) is 9.37. The molecular weight excluding hydrogens is 535 g/mol. The van der Waals surface area contributed by atoms with E-state index in [-0.39, 0.29) is 17.3 Å². The second kappa shape index (κ2) is 10.4. The van der Waals surface area contributed by atoms with Gasteiger partial charge in [0.1, 0.15) is 5.69 Å². The maximum Gasteiger partial charge on any atom is 0.416 e. The van der Waals surface area contributed by atoms with Gasteiger partial charge in [0.25, 0.3) is 11.6 Å². The first-order chi connectivity index (χ1) is 18.6. The van der Waals surface area contributed by atoms with Gasteiger partial charge in [-0.3, -0.25) is 14.9 Å². The van der Waals surface area contributed by atoms with Crippen LogP contribution in [0, 0.1) is 10.1 Å². The summed E-state index contributed by atoms with van der Waals surface area (Å²) in [5.41, 5.74) is 1.58. The van der Waals surface area contributed by atoms with Crippen LogP contribution in [0.4, 0.5) is 24.5 Å². The number of benzene rings is 3. The van der Waals surface area contributed by atoms with Crippen LogP contribution in [0.2, 0.25) is 5.02 Å². The topological polar surface area (TPSA) is 84.5 Å². The number of aromatic nitrogens is 2. The molecule has 1 fully saturated rings. The van der Waals surface area contributed by atoms with E-state index in [0.717, 1.165) is 12.1 Å². The molecule has 8 nitrogen and oxygen atoms in total. The number of nitro groups is 1. The Morgan fingerprint density at radius 2 is 1.56 bits per heavy atom. The molecule has 1 amide bonds. The third kappa shape index (κ3) is 5.58. The number of carbonyl (C=O) groups is 1. The Labute approximate surface area is 226 Å². The molecule has 2 heterocycles. The van der Waals surface area contributed by atoms with E-state index in [0.29, 0.717) is 53.8 Å². The number of rotatable bonds is 5. The Balaban J connectivity index is 1.40. The number of amides is 1. The molecule has 4 aromatic rings. The first kappa shape index (κ1) is 26.2. The van der Waals surface area contributed by atoms with E-state index in [9.17, 15) is 28.1 Å². The summed E-state index contributed by atoms with van der Waals surface area (Å²) in [4.78, 5) is 27.6. The Bertz CT molecular complexity index is 1510. The molecule has 0 saturated carbocycles. The highest BCUT2D eigenvalue weighted by atomic mass is 35.5. The van der Waals surface area contributed by atoms with Gasteiger partial charge in [0, 0.05) is 54.6 Å². The van der Waals surface area contributed by atoms with E-state index in [1.54, 1.807) is 53.4 Å². The highest BCUT2D eigenvalue weighted by molar-refractivity contribution is 6.30. The molecule has 0 aliphatic carbocycles. The maximum absolute atomic E-state index is 13.7. The van der Waals surface area contributed by atoms with Gasteiger partial charge in [0.2, 0.25) is 0 Å². The molecule has 0 radical (unpaired) electrons. The van der Waals surface area contributed by atoms with Gasteiger partial charge < -0.3 is 9.80 Å². The van der Waals surface area contributed by atoms with Crippen LogP contribution in [0.15, 0.2) is 78.9 Å². The lowest BCUT2D eigenvalue weighted by molar-refractivity contribution is -0.384. The van der Waals surface area contributed by atoms with Gasteiger partial charge in [0.15, 0.2) is 0 Å². The van der Waals surface area contributed by atoms with Crippen LogP contribution in [0.25, 0.3) is 16.9 Å². The molecule has 0 spiro atoms. The molecule has 0 N–H and O–H groups in total. The van der Waals surface area contributed by atoms with Crippen LogP contribution < -0.4 is 4.90 Å². The highest BCUT2D eigenvalue weighted by Crippen LogP contribution is 2.32. The maximum atomic E-state index is 13.7. The lowest BCUT2D eigenvalue weighted by Gasteiger charge is -2.36. The van der Waals surface area contributed by atoms with E-state index >= 15 is 0 Å². The summed E-state index contributed by atoms with van der Waals surface area (Å²) in [6.07, 6.45) is -4.44. The number of nitro benzene ring substituents is 1. The number of non-ortho nitro benzene ring substituents is 1. The SMILES string of the molecule is O=C(c1cc(-c2ccc([N+](=O)[O-])cc2)nn1-c1ccc(Cl)cc1)N1CCN(c2cccc(C(F)(F)F)c2)CC1. The molecule has 1 aliphatic heterocycles. The lowest BCUT2D eigenvalue weighted by Crippen LogP contribution is -2.49. The molecule has 200 valence electrons. The summed E-state index contributed by atoms with van der Waals surface area (Å²) >= 11 is 6.04. The number of piperazine rings is 1. The summed E-state index contributed by atoms with van der Waals surface area (Å²) in [6.45, 7) is 1.32. The molecule has 0 unspecified atom stereocenters. The highest BCUT2D eigenvalue weighted by Gasteiger charge is 2.32.